The van der Waals surface area contributed by atoms with Crippen LogP contribution in [0.15, 0.2) is 35.5 Å². The fourth-order valence-electron chi connectivity index (χ4n) is 2.29. The molecule has 0 spiro atoms. The molecule has 0 bridgehead atoms. The van der Waals surface area contributed by atoms with E-state index in [1.165, 1.54) is 12.3 Å². The molecule has 3 rings (SSSR count). The molecule has 2 aromatic heterocycles. The number of carbonyl (C=O) groups is 1. The Hall–Kier alpha value is -2.81. The van der Waals surface area contributed by atoms with E-state index in [0.29, 0.717) is 0 Å². The summed E-state index contributed by atoms with van der Waals surface area (Å²) in [5.41, 5.74) is 4.32. The van der Waals surface area contributed by atoms with E-state index in [1.54, 1.807) is 0 Å². The number of H-pyrrole nitrogens is 1. The van der Waals surface area contributed by atoms with E-state index < -0.39 is 32.8 Å². The second kappa shape index (κ2) is 5.38. The lowest BCUT2D eigenvalue weighted by Crippen LogP contribution is -2.09. The van der Waals surface area contributed by atoms with Gasteiger partial charge in [-0.2, -0.15) is 0 Å². The first kappa shape index (κ1) is 16.1. The standard InChI is InChI=1S/C15H11F2N3O3S/c1-24(22,23)7-4-8-9(6-20-15(8)19-5-7)14(21)12-10(16)2-3-11(18)13(12)17/h2-6H,18H2,1H3,(H,19,20). The summed E-state index contributed by atoms with van der Waals surface area (Å²) in [6.07, 6.45) is 3.33. The lowest BCUT2D eigenvalue weighted by Gasteiger charge is -2.06. The smallest absolute Gasteiger partial charge is 0.201 e. The maximum absolute atomic E-state index is 14.1. The van der Waals surface area contributed by atoms with E-state index >= 15 is 0 Å². The molecule has 2 heterocycles. The van der Waals surface area contributed by atoms with Crippen LogP contribution in [0.1, 0.15) is 15.9 Å². The number of ketones is 1. The summed E-state index contributed by atoms with van der Waals surface area (Å²) in [7, 11) is -3.56. The lowest BCUT2D eigenvalue weighted by molar-refractivity contribution is 0.103. The molecule has 0 saturated carbocycles. The molecule has 3 aromatic rings. The summed E-state index contributed by atoms with van der Waals surface area (Å²) in [5.74, 6) is -3.19. The summed E-state index contributed by atoms with van der Waals surface area (Å²) < 4.78 is 51.2. The van der Waals surface area contributed by atoms with E-state index in [9.17, 15) is 22.0 Å². The van der Waals surface area contributed by atoms with Crippen molar-refractivity contribution in [2.75, 3.05) is 12.0 Å². The number of nitrogens with zero attached hydrogens (tertiary/aromatic N) is 1. The van der Waals surface area contributed by atoms with Gasteiger partial charge in [-0.3, -0.25) is 4.79 Å². The second-order valence-corrected chi connectivity index (χ2v) is 7.21. The molecule has 24 heavy (non-hydrogen) atoms. The number of nitrogens with two attached hydrogens (primary N) is 1. The predicted molar refractivity (Wildman–Crippen MR) is 83.4 cm³/mol. The molecule has 3 N–H and O–H groups in total. The lowest BCUT2D eigenvalue weighted by atomic mass is 10.0. The van der Waals surface area contributed by atoms with Crippen LogP contribution in [0.3, 0.4) is 0 Å². The van der Waals surface area contributed by atoms with Crippen molar-refractivity contribution in [3.8, 4) is 0 Å². The van der Waals surface area contributed by atoms with Gasteiger partial charge in [-0.25, -0.2) is 22.2 Å². The van der Waals surface area contributed by atoms with Gasteiger partial charge in [-0.1, -0.05) is 0 Å². The van der Waals surface area contributed by atoms with Gasteiger partial charge in [0.25, 0.3) is 0 Å². The van der Waals surface area contributed by atoms with Gasteiger partial charge in [0.05, 0.1) is 16.1 Å². The van der Waals surface area contributed by atoms with Gasteiger partial charge >= 0.3 is 0 Å². The maximum Gasteiger partial charge on any atom is 0.201 e. The Morgan fingerprint density at radius 3 is 2.67 bits per heavy atom. The van der Waals surface area contributed by atoms with Gasteiger partial charge in [0.1, 0.15) is 11.5 Å². The Morgan fingerprint density at radius 1 is 1.29 bits per heavy atom. The van der Waals surface area contributed by atoms with E-state index in [1.807, 2.05) is 0 Å². The highest BCUT2D eigenvalue weighted by Crippen LogP contribution is 2.26. The third kappa shape index (κ3) is 2.52. The van der Waals surface area contributed by atoms with Crippen LogP contribution < -0.4 is 5.73 Å². The van der Waals surface area contributed by atoms with E-state index in [0.717, 1.165) is 24.6 Å². The number of anilines is 1. The van der Waals surface area contributed by atoms with Gasteiger partial charge < -0.3 is 10.7 Å². The van der Waals surface area contributed by atoms with Gasteiger partial charge in [-0.15, -0.1) is 0 Å². The number of aromatic nitrogens is 2. The molecule has 0 fully saturated rings. The molecule has 6 nitrogen and oxygen atoms in total. The van der Waals surface area contributed by atoms with Crippen LogP contribution in [0.5, 0.6) is 0 Å². The number of hydrogen-bond donors (Lipinski definition) is 2. The summed E-state index contributed by atoms with van der Waals surface area (Å²) in [6, 6.07) is 3.13. The van der Waals surface area contributed by atoms with Crippen molar-refractivity contribution in [1.82, 2.24) is 9.97 Å². The van der Waals surface area contributed by atoms with Gasteiger partial charge in [0.15, 0.2) is 15.7 Å². The summed E-state index contributed by atoms with van der Waals surface area (Å²) in [5, 5.41) is 0.143. The van der Waals surface area contributed by atoms with Crippen molar-refractivity contribution >= 4 is 32.3 Å². The monoisotopic (exact) mass is 351 g/mol. The van der Waals surface area contributed by atoms with Crippen LogP contribution >= 0.6 is 0 Å². The van der Waals surface area contributed by atoms with Crippen LogP contribution in [0.25, 0.3) is 11.0 Å². The Kier molecular flexibility index (Phi) is 3.60. The largest absolute Gasteiger partial charge is 0.396 e. The maximum atomic E-state index is 14.1. The van der Waals surface area contributed by atoms with Crippen LogP contribution in [0, 0.1) is 11.6 Å². The first-order valence-electron chi connectivity index (χ1n) is 6.65. The molecule has 0 radical (unpaired) electrons. The fraction of sp³-hybridized carbons (Fsp3) is 0.0667. The number of benzene rings is 1. The molecule has 124 valence electrons. The number of pyridine rings is 1. The van der Waals surface area contributed by atoms with Gasteiger partial charge in [0, 0.05) is 29.6 Å². The number of carbonyl (C=O) groups excluding carboxylic acids is 1. The van der Waals surface area contributed by atoms with E-state index in [4.69, 9.17) is 5.73 Å². The zero-order valence-electron chi connectivity index (χ0n) is 12.3. The van der Waals surface area contributed by atoms with Crippen molar-refractivity contribution in [2.45, 2.75) is 4.90 Å². The molecule has 0 amide bonds. The number of rotatable bonds is 3. The molecule has 0 aliphatic carbocycles. The van der Waals surface area contributed by atoms with Crippen molar-refractivity contribution in [2.24, 2.45) is 0 Å². The Morgan fingerprint density at radius 2 is 2.00 bits per heavy atom. The minimum atomic E-state index is -3.56. The summed E-state index contributed by atoms with van der Waals surface area (Å²) in [6.45, 7) is 0. The number of halogens is 2. The zero-order chi connectivity index (χ0) is 17.6. The normalized spacial score (nSPS) is 11.8. The topological polar surface area (TPSA) is 106 Å². The minimum Gasteiger partial charge on any atom is -0.396 e. The highest BCUT2D eigenvalue weighted by molar-refractivity contribution is 7.90. The third-order valence-electron chi connectivity index (χ3n) is 3.53. The van der Waals surface area contributed by atoms with Crippen molar-refractivity contribution in [3.63, 3.8) is 0 Å². The number of aromatic amines is 1. The first-order valence-corrected chi connectivity index (χ1v) is 8.54. The molecule has 0 atom stereocenters. The number of hydrogen-bond acceptors (Lipinski definition) is 5. The van der Waals surface area contributed by atoms with Crippen molar-refractivity contribution < 1.29 is 22.0 Å². The van der Waals surface area contributed by atoms with Gasteiger partial charge in [0.2, 0.25) is 5.78 Å². The first-order chi connectivity index (χ1) is 11.2. The zero-order valence-corrected chi connectivity index (χ0v) is 13.1. The fourth-order valence-corrected chi connectivity index (χ4v) is 2.86. The molecule has 1 aromatic carbocycles. The van der Waals surface area contributed by atoms with Crippen LogP contribution in [0.2, 0.25) is 0 Å². The minimum absolute atomic E-state index is 0.105. The Labute approximate surface area is 135 Å². The van der Waals surface area contributed by atoms with E-state index in [2.05, 4.69) is 9.97 Å². The van der Waals surface area contributed by atoms with E-state index in [-0.39, 0.29) is 27.2 Å². The molecule has 0 saturated heterocycles. The Bertz CT molecular complexity index is 1090. The summed E-state index contributed by atoms with van der Waals surface area (Å²) >= 11 is 0. The molecular formula is C15H11F2N3O3S. The molecular weight excluding hydrogens is 340 g/mol. The summed E-state index contributed by atoms with van der Waals surface area (Å²) in [4.78, 5) is 19.0. The Balaban J connectivity index is 2.24. The van der Waals surface area contributed by atoms with Crippen molar-refractivity contribution in [3.05, 3.63) is 53.4 Å². The second-order valence-electron chi connectivity index (χ2n) is 5.20. The third-order valence-corrected chi connectivity index (χ3v) is 4.61. The highest BCUT2D eigenvalue weighted by Gasteiger charge is 2.24. The van der Waals surface area contributed by atoms with Crippen LogP contribution in [0.4, 0.5) is 14.5 Å². The molecule has 9 heteroatoms. The van der Waals surface area contributed by atoms with Crippen LogP contribution in [-0.2, 0) is 9.84 Å². The predicted octanol–water partition coefficient (Wildman–Crippen LogP) is 2.06. The SMILES string of the molecule is CS(=O)(=O)c1cnc2[nH]cc(C(=O)c3c(F)ccc(N)c3F)c2c1. The average Bonchev–Trinajstić information content (AvgIpc) is 2.93. The number of sulfone groups is 1. The number of nitrogen functional groups attached to an aromatic ring is 1. The average molecular weight is 351 g/mol. The van der Waals surface area contributed by atoms with Gasteiger partial charge in [-0.05, 0) is 18.2 Å². The molecule has 0 aliphatic heterocycles. The molecule has 0 unspecified atom stereocenters. The van der Waals surface area contributed by atoms with Crippen LogP contribution in [-0.4, -0.2) is 30.4 Å². The quantitative estimate of drug-likeness (QED) is 0.555. The van der Waals surface area contributed by atoms with Crippen molar-refractivity contribution in [1.29, 1.82) is 0 Å². The number of fused-ring (bicyclic) bond motifs is 1. The highest BCUT2D eigenvalue weighted by atomic mass is 32.2. The number of nitrogens with one attached hydrogen (secondary N) is 1. The molecule has 0 aliphatic rings.